The van der Waals surface area contributed by atoms with Crippen LogP contribution in [-0.2, 0) is 6.54 Å². The topological polar surface area (TPSA) is 83.0 Å². The van der Waals surface area contributed by atoms with Gasteiger partial charge < -0.3 is 15.5 Å². The van der Waals surface area contributed by atoms with E-state index in [-0.39, 0.29) is 11.6 Å². The molecule has 0 spiro atoms. The largest absolute Gasteiger partial charge is 0.372 e. The standard InChI is InChI=1S/C21H22N6O/c28-21(25-13-17-5-1-2-10-22-17)19-14-24-20(15-23-19)26-16-6-8-18(9-7-16)27-11-3-4-12-27/h1-2,5-10,14-15H,3-4,11-13H2,(H,24,26)(H,25,28). The first-order chi connectivity index (χ1) is 13.8. The van der Waals surface area contributed by atoms with Crippen LogP contribution in [0.3, 0.4) is 0 Å². The molecule has 3 heterocycles. The highest BCUT2D eigenvalue weighted by Gasteiger charge is 2.12. The van der Waals surface area contributed by atoms with Gasteiger partial charge in [-0.1, -0.05) is 6.07 Å². The van der Waals surface area contributed by atoms with Gasteiger partial charge in [0.05, 0.1) is 24.6 Å². The minimum atomic E-state index is -0.278. The minimum Gasteiger partial charge on any atom is -0.372 e. The molecule has 1 aliphatic heterocycles. The van der Waals surface area contributed by atoms with Crippen LogP contribution in [0, 0.1) is 0 Å². The molecule has 1 saturated heterocycles. The summed E-state index contributed by atoms with van der Waals surface area (Å²) >= 11 is 0. The van der Waals surface area contributed by atoms with E-state index in [0.717, 1.165) is 24.5 Å². The highest BCUT2D eigenvalue weighted by atomic mass is 16.1. The lowest BCUT2D eigenvalue weighted by Crippen LogP contribution is -2.24. The molecule has 0 bridgehead atoms. The molecule has 1 amide bonds. The third-order valence-electron chi connectivity index (χ3n) is 4.65. The Bertz CT molecular complexity index is 906. The number of pyridine rings is 1. The molecule has 1 fully saturated rings. The van der Waals surface area contributed by atoms with Gasteiger partial charge in [0.25, 0.3) is 5.91 Å². The van der Waals surface area contributed by atoms with Crippen molar-refractivity contribution in [2.45, 2.75) is 19.4 Å². The van der Waals surface area contributed by atoms with Gasteiger partial charge in [-0.3, -0.25) is 9.78 Å². The van der Waals surface area contributed by atoms with E-state index in [1.165, 1.54) is 24.7 Å². The lowest BCUT2D eigenvalue weighted by Gasteiger charge is -2.17. The lowest BCUT2D eigenvalue weighted by atomic mass is 10.2. The van der Waals surface area contributed by atoms with Crippen LogP contribution < -0.4 is 15.5 Å². The van der Waals surface area contributed by atoms with Gasteiger partial charge in [-0.25, -0.2) is 9.97 Å². The molecular weight excluding hydrogens is 352 g/mol. The summed E-state index contributed by atoms with van der Waals surface area (Å²) in [5.41, 5.74) is 3.24. The van der Waals surface area contributed by atoms with E-state index in [1.807, 2.05) is 30.3 Å². The second kappa shape index (κ2) is 8.47. The zero-order valence-electron chi connectivity index (χ0n) is 15.5. The first-order valence-corrected chi connectivity index (χ1v) is 9.40. The van der Waals surface area contributed by atoms with Crippen LogP contribution in [0.15, 0.2) is 61.1 Å². The van der Waals surface area contributed by atoms with Crippen LogP contribution >= 0.6 is 0 Å². The van der Waals surface area contributed by atoms with Crippen molar-refractivity contribution in [2.24, 2.45) is 0 Å². The zero-order valence-corrected chi connectivity index (χ0v) is 15.5. The van der Waals surface area contributed by atoms with Crippen LogP contribution in [0.4, 0.5) is 17.2 Å². The van der Waals surface area contributed by atoms with Crippen LogP contribution in [0.25, 0.3) is 0 Å². The Balaban J connectivity index is 1.33. The van der Waals surface area contributed by atoms with Crippen LogP contribution in [-0.4, -0.2) is 33.9 Å². The van der Waals surface area contributed by atoms with Crippen molar-refractivity contribution in [3.8, 4) is 0 Å². The summed E-state index contributed by atoms with van der Waals surface area (Å²) in [7, 11) is 0. The average molecular weight is 374 g/mol. The summed E-state index contributed by atoms with van der Waals surface area (Å²) in [6, 6.07) is 13.9. The smallest absolute Gasteiger partial charge is 0.271 e. The summed E-state index contributed by atoms with van der Waals surface area (Å²) in [6.07, 6.45) is 7.24. The number of rotatable bonds is 6. The molecule has 0 unspecified atom stereocenters. The molecule has 1 aromatic carbocycles. The molecule has 0 atom stereocenters. The molecule has 1 aliphatic rings. The molecule has 4 rings (SSSR count). The number of aromatic nitrogens is 3. The fourth-order valence-corrected chi connectivity index (χ4v) is 3.15. The van der Waals surface area contributed by atoms with Gasteiger partial charge in [0.1, 0.15) is 11.5 Å². The Kier molecular flexibility index (Phi) is 5.42. The maximum atomic E-state index is 12.2. The van der Waals surface area contributed by atoms with Crippen molar-refractivity contribution in [2.75, 3.05) is 23.3 Å². The third-order valence-corrected chi connectivity index (χ3v) is 4.65. The van der Waals surface area contributed by atoms with Gasteiger partial charge in [0, 0.05) is 30.7 Å². The first-order valence-electron chi connectivity index (χ1n) is 9.40. The first kappa shape index (κ1) is 17.9. The van der Waals surface area contributed by atoms with Crippen molar-refractivity contribution < 1.29 is 4.79 Å². The fraction of sp³-hybridized carbons (Fsp3) is 0.238. The minimum absolute atomic E-state index is 0.269. The number of amides is 1. The predicted octanol–water partition coefficient (Wildman–Crippen LogP) is 3.15. The van der Waals surface area contributed by atoms with Crippen molar-refractivity contribution in [3.05, 3.63) is 72.4 Å². The zero-order chi connectivity index (χ0) is 19.2. The van der Waals surface area contributed by atoms with E-state index >= 15 is 0 Å². The molecule has 2 aromatic heterocycles. The van der Waals surface area contributed by atoms with Crippen LogP contribution in [0.2, 0.25) is 0 Å². The van der Waals surface area contributed by atoms with Crippen molar-refractivity contribution in [1.82, 2.24) is 20.3 Å². The second-order valence-electron chi connectivity index (χ2n) is 6.66. The number of nitrogens with zero attached hydrogens (tertiary/aromatic N) is 4. The van der Waals surface area contributed by atoms with Gasteiger partial charge in [0.15, 0.2) is 0 Å². The van der Waals surface area contributed by atoms with Gasteiger partial charge >= 0.3 is 0 Å². The Labute approximate surface area is 163 Å². The van der Waals surface area contributed by atoms with Crippen molar-refractivity contribution in [3.63, 3.8) is 0 Å². The Morgan fingerprint density at radius 2 is 1.79 bits per heavy atom. The lowest BCUT2D eigenvalue weighted by molar-refractivity contribution is 0.0945. The maximum Gasteiger partial charge on any atom is 0.271 e. The predicted molar refractivity (Wildman–Crippen MR) is 109 cm³/mol. The summed E-state index contributed by atoms with van der Waals surface area (Å²) in [4.78, 5) is 27.2. The number of benzene rings is 1. The molecule has 142 valence electrons. The van der Waals surface area contributed by atoms with E-state index in [1.54, 1.807) is 12.4 Å². The Hall–Kier alpha value is -3.48. The maximum absolute atomic E-state index is 12.2. The monoisotopic (exact) mass is 374 g/mol. The quantitative estimate of drug-likeness (QED) is 0.690. The number of anilines is 3. The fourth-order valence-electron chi connectivity index (χ4n) is 3.15. The molecule has 0 aliphatic carbocycles. The molecule has 3 aromatic rings. The van der Waals surface area contributed by atoms with Gasteiger partial charge in [-0.15, -0.1) is 0 Å². The van der Waals surface area contributed by atoms with Gasteiger partial charge in [0.2, 0.25) is 0 Å². The average Bonchev–Trinajstić information content (AvgIpc) is 3.29. The molecule has 0 radical (unpaired) electrons. The molecule has 0 saturated carbocycles. The van der Waals surface area contributed by atoms with E-state index < -0.39 is 0 Å². The summed E-state index contributed by atoms with van der Waals surface area (Å²) in [5, 5.41) is 6.00. The van der Waals surface area contributed by atoms with E-state index in [0.29, 0.717) is 12.4 Å². The molecule has 28 heavy (non-hydrogen) atoms. The Morgan fingerprint density at radius 3 is 2.46 bits per heavy atom. The number of hydrogen-bond acceptors (Lipinski definition) is 6. The summed E-state index contributed by atoms with van der Waals surface area (Å²) in [5.74, 6) is 0.315. The van der Waals surface area contributed by atoms with Gasteiger partial charge in [-0.05, 0) is 49.2 Å². The highest BCUT2D eigenvalue weighted by Crippen LogP contribution is 2.23. The third kappa shape index (κ3) is 4.43. The number of nitrogens with one attached hydrogen (secondary N) is 2. The molecule has 7 nitrogen and oxygen atoms in total. The van der Waals surface area contributed by atoms with Crippen molar-refractivity contribution >= 4 is 23.1 Å². The van der Waals surface area contributed by atoms with E-state index in [2.05, 4.69) is 42.6 Å². The van der Waals surface area contributed by atoms with E-state index in [4.69, 9.17) is 0 Å². The number of carbonyl (C=O) groups is 1. The SMILES string of the molecule is O=C(NCc1ccccn1)c1cnc(Nc2ccc(N3CCCC3)cc2)cn1. The molecule has 2 N–H and O–H groups in total. The molecule has 7 heteroatoms. The highest BCUT2D eigenvalue weighted by molar-refractivity contribution is 5.91. The normalized spacial score (nSPS) is 13.4. The van der Waals surface area contributed by atoms with Crippen LogP contribution in [0.5, 0.6) is 0 Å². The molecular formula is C21H22N6O. The van der Waals surface area contributed by atoms with Crippen LogP contribution in [0.1, 0.15) is 29.0 Å². The van der Waals surface area contributed by atoms with E-state index in [9.17, 15) is 4.79 Å². The second-order valence-corrected chi connectivity index (χ2v) is 6.66. The van der Waals surface area contributed by atoms with Crippen molar-refractivity contribution in [1.29, 1.82) is 0 Å². The number of hydrogen-bond donors (Lipinski definition) is 2. The van der Waals surface area contributed by atoms with Gasteiger partial charge in [-0.2, -0.15) is 0 Å². The summed E-state index contributed by atoms with van der Waals surface area (Å²) in [6.45, 7) is 2.61. The summed E-state index contributed by atoms with van der Waals surface area (Å²) < 4.78 is 0. The number of carbonyl (C=O) groups excluding carboxylic acids is 1. The Morgan fingerprint density at radius 1 is 0.964 bits per heavy atom.